The van der Waals surface area contributed by atoms with Crippen LogP contribution < -0.4 is 4.74 Å². The molecule has 0 fully saturated rings. The number of aromatic nitrogens is 1. The van der Waals surface area contributed by atoms with Crippen molar-refractivity contribution in [2.45, 2.75) is 0 Å². The van der Waals surface area contributed by atoms with E-state index in [9.17, 15) is 15.2 Å². The first-order chi connectivity index (χ1) is 7.65. The number of ether oxygens (including phenoxy) is 1. The molecule has 6 nitrogen and oxygen atoms in total. The average Bonchev–Trinajstić information content (AvgIpc) is 2.28. The number of hydrogen-bond donors (Lipinski definition) is 1. The third-order valence-corrected chi connectivity index (χ3v) is 2.24. The molecule has 2 rings (SSSR count). The van der Waals surface area contributed by atoms with Gasteiger partial charge in [0.1, 0.15) is 11.3 Å². The van der Waals surface area contributed by atoms with E-state index in [0.717, 1.165) is 0 Å². The Balaban J connectivity index is 2.81. The smallest absolute Gasteiger partial charge is 0.313 e. The van der Waals surface area contributed by atoms with E-state index >= 15 is 0 Å². The molecule has 0 amide bonds. The summed E-state index contributed by atoms with van der Waals surface area (Å²) in [7, 11) is 1.48. The first-order valence-corrected chi connectivity index (χ1v) is 4.44. The summed E-state index contributed by atoms with van der Waals surface area (Å²) in [5, 5.41) is 20.8. The molecule has 82 valence electrons. The van der Waals surface area contributed by atoms with E-state index < -0.39 is 10.7 Å². The molecular weight excluding hydrogens is 212 g/mol. The van der Waals surface area contributed by atoms with Crippen LogP contribution in [0, 0.1) is 10.1 Å². The summed E-state index contributed by atoms with van der Waals surface area (Å²) < 4.78 is 5.06. The zero-order chi connectivity index (χ0) is 11.7. The Hall–Kier alpha value is -2.37. The van der Waals surface area contributed by atoms with Gasteiger partial charge in [0, 0.05) is 17.6 Å². The topological polar surface area (TPSA) is 85.5 Å². The van der Waals surface area contributed by atoms with Crippen LogP contribution in [0.1, 0.15) is 0 Å². The number of phenols is 1. The highest BCUT2D eigenvalue weighted by Gasteiger charge is 2.18. The normalized spacial score (nSPS) is 10.3. The summed E-state index contributed by atoms with van der Waals surface area (Å²) in [6.45, 7) is 0. The molecule has 0 bridgehead atoms. The highest BCUT2D eigenvalue weighted by Crippen LogP contribution is 2.36. The number of benzene rings is 1. The van der Waals surface area contributed by atoms with E-state index in [1.165, 1.54) is 25.4 Å². The van der Waals surface area contributed by atoms with Gasteiger partial charge in [-0.25, -0.2) is 0 Å². The van der Waals surface area contributed by atoms with Crippen molar-refractivity contribution in [2.24, 2.45) is 0 Å². The minimum atomic E-state index is -0.657. The van der Waals surface area contributed by atoms with Crippen molar-refractivity contribution in [1.82, 2.24) is 4.98 Å². The number of fused-ring (bicyclic) bond motifs is 1. The zero-order valence-corrected chi connectivity index (χ0v) is 8.38. The van der Waals surface area contributed by atoms with Crippen molar-refractivity contribution in [1.29, 1.82) is 0 Å². The van der Waals surface area contributed by atoms with E-state index in [0.29, 0.717) is 11.1 Å². The lowest BCUT2D eigenvalue weighted by Gasteiger charge is -2.05. The van der Waals surface area contributed by atoms with Crippen LogP contribution in [0.15, 0.2) is 24.4 Å². The van der Waals surface area contributed by atoms with Gasteiger partial charge in [0.15, 0.2) is 0 Å². The Morgan fingerprint density at radius 1 is 1.44 bits per heavy atom. The molecule has 1 aromatic carbocycles. The van der Waals surface area contributed by atoms with Gasteiger partial charge in [-0.1, -0.05) is 0 Å². The summed E-state index contributed by atoms with van der Waals surface area (Å²) in [4.78, 5) is 13.8. The largest absolute Gasteiger partial charge is 0.501 e. The minimum absolute atomic E-state index is 0.161. The molecule has 0 aliphatic rings. The Morgan fingerprint density at radius 2 is 2.19 bits per heavy atom. The van der Waals surface area contributed by atoms with Gasteiger partial charge >= 0.3 is 5.69 Å². The van der Waals surface area contributed by atoms with E-state index in [2.05, 4.69) is 4.98 Å². The van der Waals surface area contributed by atoms with Gasteiger partial charge < -0.3 is 9.84 Å². The molecule has 0 unspecified atom stereocenters. The lowest BCUT2D eigenvalue weighted by molar-refractivity contribution is -0.385. The fourth-order valence-corrected chi connectivity index (χ4v) is 1.49. The van der Waals surface area contributed by atoms with Crippen molar-refractivity contribution < 1.29 is 14.8 Å². The van der Waals surface area contributed by atoms with E-state index in [-0.39, 0.29) is 11.2 Å². The van der Waals surface area contributed by atoms with Crippen molar-refractivity contribution in [3.8, 4) is 11.5 Å². The van der Waals surface area contributed by atoms with Crippen LogP contribution in [0.2, 0.25) is 0 Å². The molecule has 6 heteroatoms. The molecule has 2 aromatic rings. The number of aromatic hydroxyl groups is 1. The molecule has 1 N–H and O–H groups in total. The van der Waals surface area contributed by atoms with Gasteiger partial charge in [-0.3, -0.25) is 15.1 Å². The summed E-state index contributed by atoms with van der Waals surface area (Å²) in [5.74, 6) is 0.0663. The molecule has 1 aromatic heterocycles. The van der Waals surface area contributed by atoms with Gasteiger partial charge in [0.2, 0.25) is 5.75 Å². The quantitative estimate of drug-likeness (QED) is 0.616. The molecule has 0 spiro atoms. The van der Waals surface area contributed by atoms with Gasteiger partial charge in [-0.2, -0.15) is 0 Å². The van der Waals surface area contributed by atoms with Crippen LogP contribution in [0.3, 0.4) is 0 Å². The number of phenolic OH excluding ortho intramolecular Hbond substituents is 1. The van der Waals surface area contributed by atoms with E-state index in [1.54, 1.807) is 6.07 Å². The molecule has 0 aliphatic heterocycles. The molecule has 0 atom stereocenters. The number of hydrogen-bond acceptors (Lipinski definition) is 5. The number of pyridine rings is 1. The zero-order valence-electron chi connectivity index (χ0n) is 8.38. The van der Waals surface area contributed by atoms with Gasteiger partial charge in [0.05, 0.1) is 12.0 Å². The Bertz CT molecular complexity index is 568. The number of methoxy groups -OCH3 is 1. The summed E-state index contributed by atoms with van der Waals surface area (Å²) in [6, 6.07) is 4.34. The number of nitro benzene ring substituents is 1. The van der Waals surface area contributed by atoms with Crippen LogP contribution in [0.4, 0.5) is 5.69 Å². The lowest BCUT2D eigenvalue weighted by Crippen LogP contribution is -1.92. The number of nitrogens with zero attached hydrogens (tertiary/aromatic N) is 2. The van der Waals surface area contributed by atoms with Gasteiger partial charge in [-0.15, -0.1) is 0 Å². The second kappa shape index (κ2) is 3.65. The first-order valence-electron chi connectivity index (χ1n) is 4.44. The van der Waals surface area contributed by atoms with Crippen molar-refractivity contribution in [3.63, 3.8) is 0 Å². The fourth-order valence-electron chi connectivity index (χ4n) is 1.49. The van der Waals surface area contributed by atoms with Crippen LogP contribution in [0.5, 0.6) is 11.5 Å². The fraction of sp³-hybridized carbons (Fsp3) is 0.100. The van der Waals surface area contributed by atoms with Crippen LogP contribution in [-0.2, 0) is 0 Å². The molecule has 0 aliphatic carbocycles. The Morgan fingerprint density at radius 3 is 2.81 bits per heavy atom. The molecule has 0 saturated carbocycles. The molecule has 0 saturated heterocycles. The summed E-state index contributed by atoms with van der Waals surface area (Å²) in [5.41, 5.74) is -0.207. The van der Waals surface area contributed by atoms with E-state index in [4.69, 9.17) is 4.74 Å². The average molecular weight is 220 g/mol. The minimum Gasteiger partial charge on any atom is -0.501 e. The van der Waals surface area contributed by atoms with Crippen molar-refractivity contribution in [2.75, 3.05) is 7.11 Å². The van der Waals surface area contributed by atoms with Crippen molar-refractivity contribution >= 4 is 16.6 Å². The summed E-state index contributed by atoms with van der Waals surface area (Å²) in [6.07, 6.45) is 1.42. The van der Waals surface area contributed by atoms with E-state index in [1.807, 2.05) is 0 Å². The predicted octanol–water partition coefficient (Wildman–Crippen LogP) is 1.86. The second-order valence-corrected chi connectivity index (χ2v) is 3.10. The molecule has 1 heterocycles. The third-order valence-electron chi connectivity index (χ3n) is 2.24. The lowest BCUT2D eigenvalue weighted by atomic mass is 10.1. The molecular formula is C10H8N2O4. The number of nitro groups is 1. The van der Waals surface area contributed by atoms with Crippen LogP contribution in [0.25, 0.3) is 10.9 Å². The molecule has 0 radical (unpaired) electrons. The second-order valence-electron chi connectivity index (χ2n) is 3.10. The van der Waals surface area contributed by atoms with Crippen molar-refractivity contribution in [3.05, 3.63) is 34.5 Å². The maximum absolute atomic E-state index is 10.6. The standard InChI is InChI=1S/C10H8N2O4/c1-16-8-4-5-11-9-6(8)2-3-7(10(9)13)12(14)15/h2-5,13H,1H3. The van der Waals surface area contributed by atoms with Gasteiger partial charge in [-0.05, 0) is 12.1 Å². The predicted molar refractivity (Wildman–Crippen MR) is 56.6 cm³/mol. The Kier molecular flexibility index (Phi) is 2.32. The van der Waals surface area contributed by atoms with Crippen LogP contribution >= 0.6 is 0 Å². The number of rotatable bonds is 2. The van der Waals surface area contributed by atoms with Gasteiger partial charge in [0.25, 0.3) is 0 Å². The van der Waals surface area contributed by atoms with Crippen LogP contribution in [-0.4, -0.2) is 22.1 Å². The maximum atomic E-state index is 10.6. The Labute approximate surface area is 90.3 Å². The summed E-state index contributed by atoms with van der Waals surface area (Å²) >= 11 is 0. The highest BCUT2D eigenvalue weighted by atomic mass is 16.6. The molecule has 16 heavy (non-hydrogen) atoms. The monoisotopic (exact) mass is 220 g/mol. The highest BCUT2D eigenvalue weighted by molar-refractivity contribution is 5.92. The SMILES string of the molecule is COc1ccnc2c(O)c([N+](=O)[O-])ccc12. The maximum Gasteiger partial charge on any atom is 0.313 e. The third kappa shape index (κ3) is 1.40. The first kappa shape index (κ1) is 10.2.